The van der Waals surface area contributed by atoms with Crippen molar-refractivity contribution in [3.05, 3.63) is 29.3 Å². The number of nitrogens with zero attached hydrogens (tertiary/aromatic N) is 1. The molecule has 1 aromatic carbocycles. The van der Waals surface area contributed by atoms with E-state index < -0.39 is 0 Å². The Morgan fingerprint density at radius 1 is 1.13 bits per heavy atom. The van der Waals surface area contributed by atoms with Gasteiger partial charge in [-0.2, -0.15) is 0 Å². The van der Waals surface area contributed by atoms with E-state index in [9.17, 15) is 0 Å². The Hall–Kier alpha value is -0.980. The second kappa shape index (κ2) is 5.79. The molecule has 0 aliphatic carbocycles. The average molecular weight is 205 g/mol. The summed E-state index contributed by atoms with van der Waals surface area (Å²) in [6.07, 6.45) is 3.91. The van der Waals surface area contributed by atoms with Crippen molar-refractivity contribution in [1.29, 1.82) is 0 Å². The zero-order valence-electron chi connectivity index (χ0n) is 10.5. The lowest BCUT2D eigenvalue weighted by Gasteiger charge is -2.19. The lowest BCUT2D eigenvalue weighted by molar-refractivity contribution is 0.750. The monoisotopic (exact) mass is 205 g/mol. The van der Waals surface area contributed by atoms with Crippen molar-refractivity contribution in [3.63, 3.8) is 0 Å². The number of hydrogen-bond acceptors (Lipinski definition) is 1. The van der Waals surface area contributed by atoms with E-state index in [0.29, 0.717) is 0 Å². The van der Waals surface area contributed by atoms with Crippen LogP contribution < -0.4 is 4.90 Å². The molecule has 1 nitrogen and oxygen atoms in total. The average Bonchev–Trinajstić information content (AvgIpc) is 2.44. The zero-order chi connectivity index (χ0) is 11.3. The molecule has 0 amide bonds. The topological polar surface area (TPSA) is 3.24 Å². The maximum absolute atomic E-state index is 2.38. The third kappa shape index (κ3) is 2.98. The molecule has 0 unspecified atom stereocenters. The predicted molar refractivity (Wildman–Crippen MR) is 68.7 cm³/mol. The van der Waals surface area contributed by atoms with Crippen molar-refractivity contribution in [2.75, 3.05) is 18.5 Å². The van der Waals surface area contributed by atoms with E-state index in [-0.39, 0.29) is 0 Å². The summed E-state index contributed by atoms with van der Waals surface area (Å²) < 4.78 is 0. The van der Waals surface area contributed by atoms with Gasteiger partial charge in [-0.05, 0) is 43.4 Å². The van der Waals surface area contributed by atoms with Crippen LogP contribution in [0, 0.1) is 6.92 Å². The third-order valence-electron chi connectivity index (χ3n) is 2.84. The Kier molecular flexibility index (Phi) is 4.67. The van der Waals surface area contributed by atoms with Crippen LogP contribution in [-0.4, -0.2) is 13.6 Å². The van der Waals surface area contributed by atoms with Crippen LogP contribution in [0.2, 0.25) is 0 Å². The summed E-state index contributed by atoms with van der Waals surface area (Å²) in [6.45, 7) is 7.37. The lowest BCUT2D eigenvalue weighted by atomic mass is 10.1. The highest BCUT2D eigenvalue weighted by Gasteiger charge is 2.11. The molecule has 0 saturated heterocycles. The summed E-state index contributed by atoms with van der Waals surface area (Å²) in [6, 6.07) is 6.81. The summed E-state index contributed by atoms with van der Waals surface area (Å²) in [7, 11) is 2.20. The van der Waals surface area contributed by atoms with E-state index in [4.69, 9.17) is 0 Å². The number of fused-ring (bicyclic) bond motifs is 1. The molecule has 0 bridgehead atoms. The normalized spacial score (nSPS) is 14.8. The van der Waals surface area contributed by atoms with Crippen LogP contribution >= 0.6 is 0 Å². The van der Waals surface area contributed by atoms with Gasteiger partial charge in [0, 0.05) is 19.3 Å². The molecule has 1 aromatic rings. The van der Waals surface area contributed by atoms with Crippen molar-refractivity contribution < 1.29 is 0 Å². The summed E-state index contributed by atoms with van der Waals surface area (Å²) in [4.78, 5) is 2.38. The van der Waals surface area contributed by atoms with Crippen LogP contribution in [-0.2, 0) is 6.42 Å². The first kappa shape index (κ1) is 12.1. The molecular weight excluding hydrogens is 182 g/mol. The highest BCUT2D eigenvalue weighted by molar-refractivity contribution is 5.55. The summed E-state index contributed by atoms with van der Waals surface area (Å²) >= 11 is 0. The van der Waals surface area contributed by atoms with Crippen LogP contribution in [0.1, 0.15) is 37.8 Å². The minimum absolute atomic E-state index is 1.20. The molecule has 0 N–H and O–H groups in total. The molecule has 0 aromatic heterocycles. The lowest BCUT2D eigenvalue weighted by Crippen LogP contribution is -2.17. The van der Waals surface area contributed by atoms with Crippen LogP contribution in [0.15, 0.2) is 18.2 Å². The Morgan fingerprint density at radius 3 is 2.60 bits per heavy atom. The minimum Gasteiger partial charge on any atom is -0.374 e. The number of aryl methyl sites for hydroxylation is 2. The predicted octanol–water partition coefficient (Wildman–Crippen LogP) is 3.79. The van der Waals surface area contributed by atoms with Gasteiger partial charge in [0.15, 0.2) is 0 Å². The molecule has 1 aliphatic heterocycles. The van der Waals surface area contributed by atoms with Gasteiger partial charge < -0.3 is 4.90 Å². The van der Waals surface area contributed by atoms with E-state index in [0.717, 1.165) is 0 Å². The molecule has 0 fully saturated rings. The van der Waals surface area contributed by atoms with E-state index >= 15 is 0 Å². The fraction of sp³-hybridized carbons (Fsp3) is 0.571. The molecule has 2 rings (SSSR count). The van der Waals surface area contributed by atoms with E-state index in [1.807, 2.05) is 13.8 Å². The summed E-state index contributed by atoms with van der Waals surface area (Å²) in [5.74, 6) is 0. The van der Waals surface area contributed by atoms with Crippen molar-refractivity contribution in [2.45, 2.75) is 40.0 Å². The Bertz CT molecular complexity index is 304. The SMILES string of the molecule is CC.Cc1ccc2c(c1)N(C)CCCC2. The summed E-state index contributed by atoms with van der Waals surface area (Å²) in [5.41, 5.74) is 4.33. The molecule has 15 heavy (non-hydrogen) atoms. The molecule has 0 radical (unpaired) electrons. The first-order valence-corrected chi connectivity index (χ1v) is 6.08. The van der Waals surface area contributed by atoms with E-state index in [1.165, 1.54) is 42.6 Å². The smallest absolute Gasteiger partial charge is 0.0398 e. The first-order chi connectivity index (χ1) is 7.27. The van der Waals surface area contributed by atoms with E-state index in [1.54, 1.807) is 0 Å². The zero-order valence-corrected chi connectivity index (χ0v) is 10.5. The molecule has 84 valence electrons. The molecular formula is C14H23N. The van der Waals surface area contributed by atoms with Crippen LogP contribution in [0.3, 0.4) is 0 Å². The molecule has 0 saturated carbocycles. The highest BCUT2D eigenvalue weighted by Crippen LogP contribution is 2.25. The summed E-state index contributed by atoms with van der Waals surface area (Å²) in [5, 5.41) is 0. The third-order valence-corrected chi connectivity index (χ3v) is 2.84. The Balaban J connectivity index is 0.000000531. The van der Waals surface area contributed by atoms with Crippen LogP contribution in [0.25, 0.3) is 0 Å². The Morgan fingerprint density at radius 2 is 1.87 bits per heavy atom. The second-order valence-electron chi connectivity index (χ2n) is 4.01. The first-order valence-electron chi connectivity index (χ1n) is 6.08. The maximum Gasteiger partial charge on any atom is 0.0398 e. The largest absolute Gasteiger partial charge is 0.374 e. The number of anilines is 1. The Labute approximate surface area is 94.1 Å². The molecule has 1 heterocycles. The van der Waals surface area contributed by atoms with Crippen molar-refractivity contribution in [2.24, 2.45) is 0 Å². The van der Waals surface area contributed by atoms with Gasteiger partial charge in [0.2, 0.25) is 0 Å². The van der Waals surface area contributed by atoms with Crippen molar-refractivity contribution in [3.8, 4) is 0 Å². The molecule has 0 spiro atoms. The number of hydrogen-bond donors (Lipinski definition) is 0. The molecule has 1 heteroatoms. The number of benzene rings is 1. The van der Waals surface area contributed by atoms with Gasteiger partial charge in [0.25, 0.3) is 0 Å². The van der Waals surface area contributed by atoms with Crippen LogP contribution in [0.4, 0.5) is 5.69 Å². The van der Waals surface area contributed by atoms with Gasteiger partial charge in [-0.3, -0.25) is 0 Å². The standard InChI is InChI=1S/C12H17N.C2H6/c1-10-6-7-11-5-3-4-8-13(2)12(11)9-10;1-2/h6-7,9H,3-5,8H2,1-2H3;1-2H3. The minimum atomic E-state index is 1.20. The van der Waals surface area contributed by atoms with Gasteiger partial charge in [-0.15, -0.1) is 0 Å². The number of rotatable bonds is 0. The fourth-order valence-corrected chi connectivity index (χ4v) is 2.03. The highest BCUT2D eigenvalue weighted by atomic mass is 15.1. The van der Waals surface area contributed by atoms with E-state index in [2.05, 4.69) is 37.1 Å². The van der Waals surface area contributed by atoms with Gasteiger partial charge >= 0.3 is 0 Å². The maximum atomic E-state index is 2.38. The van der Waals surface area contributed by atoms with Crippen molar-refractivity contribution in [1.82, 2.24) is 0 Å². The van der Waals surface area contributed by atoms with Gasteiger partial charge in [-0.1, -0.05) is 26.0 Å². The molecule has 0 atom stereocenters. The second-order valence-corrected chi connectivity index (χ2v) is 4.01. The molecule has 1 aliphatic rings. The fourth-order valence-electron chi connectivity index (χ4n) is 2.03. The van der Waals surface area contributed by atoms with Gasteiger partial charge in [-0.25, -0.2) is 0 Å². The van der Waals surface area contributed by atoms with Crippen molar-refractivity contribution >= 4 is 5.69 Å². The van der Waals surface area contributed by atoms with Gasteiger partial charge in [0.05, 0.1) is 0 Å². The quantitative estimate of drug-likeness (QED) is 0.623. The van der Waals surface area contributed by atoms with Gasteiger partial charge in [0.1, 0.15) is 0 Å². The van der Waals surface area contributed by atoms with Crippen LogP contribution in [0.5, 0.6) is 0 Å².